The Balaban J connectivity index is 2.79. The molecule has 0 spiro atoms. The van der Waals surface area contributed by atoms with E-state index in [4.69, 9.17) is 0 Å². The van der Waals surface area contributed by atoms with Crippen LogP contribution in [0.2, 0.25) is 0 Å². The number of rotatable bonds is 5. The van der Waals surface area contributed by atoms with Gasteiger partial charge in [-0.25, -0.2) is 8.42 Å². The zero-order chi connectivity index (χ0) is 16.3. The third-order valence-corrected chi connectivity index (χ3v) is 4.03. The number of amides is 1. The Labute approximate surface area is 128 Å². The second-order valence-electron chi connectivity index (χ2n) is 4.43. The van der Waals surface area contributed by atoms with Gasteiger partial charge in [0.05, 0.1) is 16.9 Å². The van der Waals surface area contributed by atoms with Crippen LogP contribution in [0.3, 0.4) is 0 Å². The number of carbonyl (C=O) groups is 1. The van der Waals surface area contributed by atoms with Crippen molar-refractivity contribution in [1.82, 2.24) is 5.32 Å². The molecule has 0 heterocycles. The van der Waals surface area contributed by atoms with Gasteiger partial charge in [-0.05, 0) is 24.6 Å². The van der Waals surface area contributed by atoms with Crippen molar-refractivity contribution in [2.45, 2.75) is 12.6 Å². The smallest absolute Gasteiger partial charge is 0.352 e. The van der Waals surface area contributed by atoms with Gasteiger partial charge in [0.15, 0.2) is 0 Å². The van der Waals surface area contributed by atoms with Gasteiger partial charge in [-0.15, -0.1) is 0 Å². The minimum absolute atomic E-state index is 0.0146. The van der Waals surface area contributed by atoms with E-state index < -0.39 is 33.0 Å². The lowest BCUT2D eigenvalue weighted by Gasteiger charge is -2.13. The molecular formula is C12H13BrF3NO3S. The van der Waals surface area contributed by atoms with E-state index in [0.717, 1.165) is 18.4 Å². The van der Waals surface area contributed by atoms with Crippen LogP contribution in [0.4, 0.5) is 13.2 Å². The quantitative estimate of drug-likeness (QED) is 0.789. The Morgan fingerprint density at radius 2 is 1.95 bits per heavy atom. The SMILES string of the molecule is CS(=O)(=O)CCCNC(=O)c1ccc(Br)cc1C(F)(F)F. The summed E-state index contributed by atoms with van der Waals surface area (Å²) in [5.41, 5.74) is -1.54. The molecule has 0 saturated carbocycles. The molecule has 0 aromatic heterocycles. The molecular weight excluding hydrogens is 375 g/mol. The van der Waals surface area contributed by atoms with E-state index in [2.05, 4.69) is 21.2 Å². The Morgan fingerprint density at radius 1 is 1.33 bits per heavy atom. The molecule has 0 unspecified atom stereocenters. The Bertz CT molecular complexity index is 629. The first kappa shape index (κ1) is 18.0. The Morgan fingerprint density at radius 3 is 2.48 bits per heavy atom. The molecule has 1 aromatic rings. The molecule has 4 nitrogen and oxygen atoms in total. The lowest BCUT2D eigenvalue weighted by Crippen LogP contribution is -2.28. The summed E-state index contributed by atoms with van der Waals surface area (Å²) in [6.45, 7) is -0.0146. The van der Waals surface area contributed by atoms with Crippen molar-refractivity contribution in [2.75, 3.05) is 18.6 Å². The van der Waals surface area contributed by atoms with Gasteiger partial charge >= 0.3 is 6.18 Å². The fourth-order valence-electron chi connectivity index (χ4n) is 1.58. The predicted octanol–water partition coefficient (Wildman–Crippen LogP) is 2.63. The number of carbonyl (C=O) groups excluding carboxylic acids is 1. The van der Waals surface area contributed by atoms with Crippen LogP contribution in [-0.4, -0.2) is 32.9 Å². The van der Waals surface area contributed by atoms with Crippen molar-refractivity contribution in [3.8, 4) is 0 Å². The van der Waals surface area contributed by atoms with E-state index in [1.54, 1.807) is 0 Å². The minimum Gasteiger partial charge on any atom is -0.352 e. The van der Waals surface area contributed by atoms with Gasteiger partial charge in [0, 0.05) is 17.3 Å². The van der Waals surface area contributed by atoms with Crippen LogP contribution in [0.1, 0.15) is 22.3 Å². The third-order valence-electron chi connectivity index (χ3n) is 2.51. The van der Waals surface area contributed by atoms with Gasteiger partial charge in [-0.1, -0.05) is 15.9 Å². The highest BCUT2D eigenvalue weighted by Gasteiger charge is 2.35. The van der Waals surface area contributed by atoms with Crippen molar-refractivity contribution < 1.29 is 26.4 Å². The van der Waals surface area contributed by atoms with Crippen molar-refractivity contribution in [3.05, 3.63) is 33.8 Å². The lowest BCUT2D eigenvalue weighted by molar-refractivity contribution is -0.138. The van der Waals surface area contributed by atoms with E-state index in [1.807, 2.05) is 0 Å². The number of halogens is 4. The van der Waals surface area contributed by atoms with Crippen molar-refractivity contribution in [1.29, 1.82) is 0 Å². The number of benzene rings is 1. The predicted molar refractivity (Wildman–Crippen MR) is 75.8 cm³/mol. The molecule has 1 N–H and O–H groups in total. The number of alkyl halides is 3. The molecule has 0 bridgehead atoms. The second-order valence-corrected chi connectivity index (χ2v) is 7.60. The van der Waals surface area contributed by atoms with E-state index in [-0.39, 0.29) is 23.2 Å². The van der Waals surface area contributed by atoms with Gasteiger partial charge < -0.3 is 5.32 Å². The fraction of sp³-hybridized carbons (Fsp3) is 0.417. The number of nitrogens with one attached hydrogen (secondary N) is 1. The molecule has 0 aliphatic carbocycles. The number of hydrogen-bond acceptors (Lipinski definition) is 3. The van der Waals surface area contributed by atoms with Gasteiger partial charge in [0.1, 0.15) is 9.84 Å². The average molecular weight is 388 g/mol. The standard InChI is InChI=1S/C12H13BrF3NO3S/c1-21(19,20)6-2-5-17-11(18)9-4-3-8(13)7-10(9)12(14,15)16/h3-4,7H,2,5-6H2,1H3,(H,17,18). The normalized spacial score (nSPS) is 12.2. The van der Waals surface area contributed by atoms with Crippen LogP contribution >= 0.6 is 15.9 Å². The molecule has 0 aliphatic rings. The van der Waals surface area contributed by atoms with Crippen molar-refractivity contribution >= 4 is 31.7 Å². The molecule has 1 rings (SSSR count). The largest absolute Gasteiger partial charge is 0.417 e. The van der Waals surface area contributed by atoms with Gasteiger partial charge in [-0.3, -0.25) is 4.79 Å². The van der Waals surface area contributed by atoms with Crippen LogP contribution in [0.25, 0.3) is 0 Å². The zero-order valence-corrected chi connectivity index (χ0v) is 13.4. The second kappa shape index (κ2) is 6.78. The summed E-state index contributed by atoms with van der Waals surface area (Å²) < 4.78 is 60.6. The van der Waals surface area contributed by atoms with Crippen LogP contribution in [0.15, 0.2) is 22.7 Å². The van der Waals surface area contributed by atoms with Crippen LogP contribution < -0.4 is 5.32 Å². The van der Waals surface area contributed by atoms with E-state index in [9.17, 15) is 26.4 Å². The molecule has 0 atom stereocenters. The fourth-order valence-corrected chi connectivity index (χ4v) is 2.61. The summed E-state index contributed by atoms with van der Waals surface area (Å²) in [5.74, 6) is -1.02. The monoisotopic (exact) mass is 387 g/mol. The molecule has 9 heteroatoms. The van der Waals surface area contributed by atoms with Crippen LogP contribution in [0, 0.1) is 0 Å². The van der Waals surface area contributed by atoms with Gasteiger partial charge in [-0.2, -0.15) is 13.2 Å². The molecule has 0 aliphatic heterocycles. The maximum absolute atomic E-state index is 12.9. The molecule has 118 valence electrons. The first-order valence-electron chi connectivity index (χ1n) is 5.83. The highest BCUT2D eigenvalue weighted by atomic mass is 79.9. The topological polar surface area (TPSA) is 63.2 Å². The molecule has 1 aromatic carbocycles. The summed E-state index contributed by atoms with van der Waals surface area (Å²) in [5, 5.41) is 2.28. The maximum Gasteiger partial charge on any atom is 0.417 e. The summed E-state index contributed by atoms with van der Waals surface area (Å²) in [6.07, 6.45) is -3.46. The zero-order valence-electron chi connectivity index (χ0n) is 11.0. The summed E-state index contributed by atoms with van der Waals surface area (Å²) in [7, 11) is -3.16. The first-order valence-corrected chi connectivity index (χ1v) is 8.69. The molecule has 0 fully saturated rings. The third kappa shape index (κ3) is 6.04. The minimum atomic E-state index is -4.65. The van der Waals surface area contributed by atoms with E-state index in [1.165, 1.54) is 6.07 Å². The molecule has 21 heavy (non-hydrogen) atoms. The molecule has 0 saturated heterocycles. The summed E-state index contributed by atoms with van der Waals surface area (Å²) in [4.78, 5) is 11.8. The first-order chi connectivity index (χ1) is 9.50. The molecule has 1 amide bonds. The summed E-state index contributed by atoms with van der Waals surface area (Å²) in [6, 6.07) is 3.23. The van der Waals surface area contributed by atoms with Crippen LogP contribution in [0.5, 0.6) is 0 Å². The van der Waals surface area contributed by atoms with Crippen molar-refractivity contribution in [3.63, 3.8) is 0 Å². The van der Waals surface area contributed by atoms with Crippen molar-refractivity contribution in [2.24, 2.45) is 0 Å². The van der Waals surface area contributed by atoms with E-state index in [0.29, 0.717) is 0 Å². The van der Waals surface area contributed by atoms with Gasteiger partial charge in [0.2, 0.25) is 0 Å². The summed E-state index contributed by atoms with van der Waals surface area (Å²) >= 11 is 2.93. The Hall–Kier alpha value is -1.09. The Kier molecular flexibility index (Phi) is 5.80. The number of sulfone groups is 1. The maximum atomic E-state index is 12.9. The lowest BCUT2D eigenvalue weighted by atomic mass is 10.1. The molecule has 0 radical (unpaired) electrons. The average Bonchev–Trinajstić information content (AvgIpc) is 2.32. The highest BCUT2D eigenvalue weighted by molar-refractivity contribution is 9.10. The van der Waals surface area contributed by atoms with Gasteiger partial charge in [0.25, 0.3) is 5.91 Å². The highest BCUT2D eigenvalue weighted by Crippen LogP contribution is 2.33. The van der Waals surface area contributed by atoms with Crippen LogP contribution in [-0.2, 0) is 16.0 Å². The number of hydrogen-bond donors (Lipinski definition) is 1. The van der Waals surface area contributed by atoms with E-state index >= 15 is 0 Å².